The minimum Gasteiger partial charge on any atom is -0.309 e. The summed E-state index contributed by atoms with van der Waals surface area (Å²) >= 11 is 0. The second-order valence-electron chi connectivity index (χ2n) is 4.38. The van der Waals surface area contributed by atoms with Crippen LogP contribution in [0.2, 0.25) is 0 Å². The quantitative estimate of drug-likeness (QED) is 0.846. The van der Waals surface area contributed by atoms with Crippen molar-refractivity contribution in [1.82, 2.24) is 20.1 Å². The number of hydrogen-bond acceptors (Lipinski definition) is 3. The lowest BCUT2D eigenvalue weighted by Crippen LogP contribution is -2.22. The Morgan fingerprint density at radius 3 is 2.83 bits per heavy atom. The summed E-state index contributed by atoms with van der Waals surface area (Å²) in [5.74, 6) is 0. The highest BCUT2D eigenvalue weighted by atomic mass is 15.3. The molecule has 0 saturated heterocycles. The normalized spacial score (nSPS) is 12.6. The van der Waals surface area contributed by atoms with Crippen molar-refractivity contribution in [2.45, 2.75) is 25.8 Å². The molecular weight excluding hydrogens is 224 g/mol. The summed E-state index contributed by atoms with van der Waals surface area (Å²) < 4.78 is 1.85. The van der Waals surface area contributed by atoms with Crippen LogP contribution in [0.1, 0.15) is 30.8 Å². The molecule has 1 unspecified atom stereocenters. The van der Waals surface area contributed by atoms with E-state index in [-0.39, 0.29) is 0 Å². The summed E-state index contributed by atoms with van der Waals surface area (Å²) in [4.78, 5) is 4.36. The molecule has 2 heterocycles. The minimum absolute atomic E-state index is 0.304. The van der Waals surface area contributed by atoms with E-state index in [1.807, 2.05) is 36.3 Å². The molecule has 2 aromatic heterocycles. The zero-order valence-corrected chi connectivity index (χ0v) is 11.0. The highest BCUT2D eigenvalue weighted by Crippen LogP contribution is 2.16. The van der Waals surface area contributed by atoms with E-state index in [4.69, 9.17) is 0 Å². The second-order valence-corrected chi connectivity index (χ2v) is 4.38. The van der Waals surface area contributed by atoms with Crippen molar-refractivity contribution in [2.24, 2.45) is 7.05 Å². The van der Waals surface area contributed by atoms with Gasteiger partial charge in [0, 0.05) is 25.1 Å². The molecule has 0 saturated carbocycles. The third kappa shape index (κ3) is 3.40. The second kappa shape index (κ2) is 6.31. The van der Waals surface area contributed by atoms with Crippen LogP contribution in [0, 0.1) is 0 Å². The maximum Gasteiger partial charge on any atom is 0.0793 e. The van der Waals surface area contributed by atoms with Gasteiger partial charge in [-0.2, -0.15) is 5.10 Å². The number of pyridine rings is 1. The molecule has 1 N–H and O–H groups in total. The fraction of sp³-hybridized carbons (Fsp3) is 0.429. The predicted molar refractivity (Wildman–Crippen MR) is 72.2 cm³/mol. The van der Waals surface area contributed by atoms with Crippen LogP contribution < -0.4 is 5.32 Å². The van der Waals surface area contributed by atoms with Crippen molar-refractivity contribution in [2.75, 3.05) is 6.54 Å². The molecule has 96 valence electrons. The van der Waals surface area contributed by atoms with E-state index < -0.39 is 0 Å². The summed E-state index contributed by atoms with van der Waals surface area (Å²) in [5.41, 5.74) is 2.24. The van der Waals surface area contributed by atoms with Gasteiger partial charge in [0.25, 0.3) is 0 Å². The minimum atomic E-state index is 0.304. The lowest BCUT2D eigenvalue weighted by molar-refractivity contribution is 0.495. The van der Waals surface area contributed by atoms with Gasteiger partial charge in [-0.05, 0) is 37.6 Å². The smallest absolute Gasteiger partial charge is 0.0793 e. The van der Waals surface area contributed by atoms with E-state index >= 15 is 0 Å². The summed E-state index contributed by atoms with van der Waals surface area (Å²) in [6.45, 7) is 3.07. The molecule has 0 aliphatic carbocycles. The van der Waals surface area contributed by atoms with Gasteiger partial charge in [-0.1, -0.05) is 13.0 Å². The number of aryl methyl sites for hydroxylation is 2. The highest BCUT2D eigenvalue weighted by molar-refractivity contribution is 5.08. The van der Waals surface area contributed by atoms with Crippen LogP contribution in [0.4, 0.5) is 0 Å². The van der Waals surface area contributed by atoms with E-state index in [1.165, 1.54) is 0 Å². The predicted octanol–water partition coefficient (Wildman–Crippen LogP) is 2.10. The van der Waals surface area contributed by atoms with E-state index in [1.54, 1.807) is 0 Å². The van der Waals surface area contributed by atoms with Crippen molar-refractivity contribution in [3.63, 3.8) is 0 Å². The Hall–Kier alpha value is -1.68. The zero-order chi connectivity index (χ0) is 12.8. The van der Waals surface area contributed by atoms with Crippen LogP contribution in [0.25, 0.3) is 0 Å². The van der Waals surface area contributed by atoms with E-state index in [2.05, 4.69) is 34.5 Å². The first-order valence-electron chi connectivity index (χ1n) is 6.42. The Morgan fingerprint density at radius 1 is 1.33 bits per heavy atom. The molecular formula is C14H20N4. The van der Waals surface area contributed by atoms with Gasteiger partial charge in [0.05, 0.1) is 11.7 Å². The fourth-order valence-electron chi connectivity index (χ4n) is 2.06. The van der Waals surface area contributed by atoms with Crippen LogP contribution in [0.15, 0.2) is 36.7 Å². The fourth-order valence-corrected chi connectivity index (χ4v) is 2.06. The first-order chi connectivity index (χ1) is 8.79. The molecule has 0 aromatic carbocycles. The molecule has 2 rings (SSSR count). The molecule has 0 aliphatic rings. The number of aromatic nitrogens is 3. The molecule has 0 fully saturated rings. The van der Waals surface area contributed by atoms with Crippen molar-refractivity contribution < 1.29 is 0 Å². The molecule has 2 aromatic rings. The average molecular weight is 244 g/mol. The number of hydrogen-bond donors (Lipinski definition) is 1. The van der Waals surface area contributed by atoms with Crippen molar-refractivity contribution in [1.29, 1.82) is 0 Å². The Labute approximate surface area is 108 Å². The van der Waals surface area contributed by atoms with Crippen LogP contribution in [-0.4, -0.2) is 21.3 Å². The molecule has 0 radical (unpaired) electrons. The molecule has 0 bridgehead atoms. The van der Waals surface area contributed by atoms with E-state index in [0.717, 1.165) is 30.8 Å². The monoisotopic (exact) mass is 244 g/mol. The highest BCUT2D eigenvalue weighted by Gasteiger charge is 2.13. The third-order valence-electron chi connectivity index (χ3n) is 2.96. The molecule has 0 amide bonds. The average Bonchev–Trinajstić information content (AvgIpc) is 2.82. The molecule has 1 atom stereocenters. The molecule has 4 heteroatoms. The van der Waals surface area contributed by atoms with Gasteiger partial charge in [-0.3, -0.25) is 9.67 Å². The molecule has 0 aliphatic heterocycles. The van der Waals surface area contributed by atoms with Gasteiger partial charge in [0.15, 0.2) is 0 Å². The van der Waals surface area contributed by atoms with Gasteiger partial charge < -0.3 is 5.32 Å². The van der Waals surface area contributed by atoms with Crippen molar-refractivity contribution >= 4 is 0 Å². The molecule has 18 heavy (non-hydrogen) atoms. The SMILES string of the molecule is CCNC(CCc1ccccn1)c1ccn(C)n1. The third-order valence-corrected chi connectivity index (χ3v) is 2.96. The zero-order valence-electron chi connectivity index (χ0n) is 11.0. The summed E-state index contributed by atoms with van der Waals surface area (Å²) in [6, 6.07) is 8.43. The lowest BCUT2D eigenvalue weighted by Gasteiger charge is -2.15. The van der Waals surface area contributed by atoms with Crippen molar-refractivity contribution in [3.05, 3.63) is 48.0 Å². The maximum atomic E-state index is 4.48. The van der Waals surface area contributed by atoms with Crippen LogP contribution in [0.3, 0.4) is 0 Å². The Kier molecular flexibility index (Phi) is 4.47. The van der Waals surface area contributed by atoms with E-state index in [0.29, 0.717) is 6.04 Å². The van der Waals surface area contributed by atoms with Crippen molar-refractivity contribution in [3.8, 4) is 0 Å². The summed E-state index contributed by atoms with van der Waals surface area (Å²) in [6.07, 6.45) is 5.82. The maximum absolute atomic E-state index is 4.48. The van der Waals surface area contributed by atoms with Crippen LogP contribution >= 0.6 is 0 Å². The Bertz CT molecular complexity index is 464. The van der Waals surface area contributed by atoms with Gasteiger partial charge in [0.2, 0.25) is 0 Å². The number of nitrogens with one attached hydrogen (secondary N) is 1. The van der Waals surface area contributed by atoms with Crippen LogP contribution in [-0.2, 0) is 13.5 Å². The molecule has 0 spiro atoms. The standard InChI is InChI=1S/C14H20N4/c1-3-15-13(14-9-11-18(2)17-14)8-7-12-6-4-5-10-16-12/h4-6,9-11,13,15H,3,7-8H2,1-2H3. The van der Waals surface area contributed by atoms with Gasteiger partial charge in [0.1, 0.15) is 0 Å². The Morgan fingerprint density at radius 2 is 2.22 bits per heavy atom. The summed E-state index contributed by atoms with van der Waals surface area (Å²) in [5, 5.41) is 7.95. The summed E-state index contributed by atoms with van der Waals surface area (Å²) in [7, 11) is 1.95. The van der Waals surface area contributed by atoms with Gasteiger partial charge in [-0.25, -0.2) is 0 Å². The Balaban J connectivity index is 1.98. The largest absolute Gasteiger partial charge is 0.309 e. The van der Waals surface area contributed by atoms with Gasteiger partial charge in [-0.15, -0.1) is 0 Å². The number of rotatable bonds is 6. The van der Waals surface area contributed by atoms with Gasteiger partial charge >= 0.3 is 0 Å². The number of nitrogens with zero attached hydrogens (tertiary/aromatic N) is 3. The van der Waals surface area contributed by atoms with E-state index in [9.17, 15) is 0 Å². The first kappa shape index (κ1) is 12.8. The first-order valence-corrected chi connectivity index (χ1v) is 6.42. The van der Waals surface area contributed by atoms with Crippen LogP contribution in [0.5, 0.6) is 0 Å². The lowest BCUT2D eigenvalue weighted by atomic mass is 10.1. The topological polar surface area (TPSA) is 42.7 Å². The molecule has 4 nitrogen and oxygen atoms in total.